The number of nitrogens with zero attached hydrogens (tertiary/aromatic N) is 1. The first kappa shape index (κ1) is 18.6. The number of aryl methyl sites for hydroxylation is 3. The van der Waals surface area contributed by atoms with Crippen LogP contribution in [-0.2, 0) is 0 Å². The Labute approximate surface area is 175 Å². The molecule has 0 atom stereocenters. The Morgan fingerprint density at radius 1 is 0.607 bits per heavy atom. The van der Waals surface area contributed by atoms with E-state index < -0.39 is 0 Å². The second-order valence-corrected chi connectivity index (χ2v) is 8.19. The highest BCUT2D eigenvalue weighted by Crippen LogP contribution is 2.34. The first-order valence-corrected chi connectivity index (χ1v) is 10.2. The summed E-state index contributed by atoms with van der Waals surface area (Å²) in [6.45, 7) is 6.39. The molecule has 0 aliphatic carbocycles. The summed E-state index contributed by atoms with van der Waals surface area (Å²) in [5.41, 5.74) is 10.8. The van der Waals surface area contributed by atoms with E-state index >= 15 is 0 Å². The van der Waals surface area contributed by atoms with Crippen LogP contribution in [-0.4, -0.2) is 4.98 Å². The van der Waals surface area contributed by atoms with Crippen molar-refractivity contribution in [1.82, 2.24) is 4.98 Å². The van der Waals surface area contributed by atoms with E-state index in [1.165, 1.54) is 38.9 Å². The standard InChI is InChI=1S/C26H22BrN/c1-17-9-10-21(26-11-18(2)19(3)16-28-26)15-25(17)23-12-22(13-24(27)14-23)20-7-5-4-6-8-20/h4-16H,1-3H3. The molecule has 0 aliphatic rings. The molecule has 0 unspecified atom stereocenters. The Morgan fingerprint density at radius 2 is 1.36 bits per heavy atom. The van der Waals surface area contributed by atoms with Crippen LogP contribution in [0.4, 0.5) is 0 Å². The molecule has 0 amide bonds. The summed E-state index contributed by atoms with van der Waals surface area (Å²) in [6, 6.07) is 25.9. The van der Waals surface area contributed by atoms with Crippen molar-refractivity contribution in [2.24, 2.45) is 0 Å². The zero-order chi connectivity index (χ0) is 19.7. The van der Waals surface area contributed by atoms with Crippen molar-refractivity contribution < 1.29 is 0 Å². The summed E-state index contributed by atoms with van der Waals surface area (Å²) in [4.78, 5) is 4.65. The number of halogens is 1. The molecular formula is C26H22BrN. The molecule has 1 heterocycles. The topological polar surface area (TPSA) is 12.9 Å². The van der Waals surface area contributed by atoms with Gasteiger partial charge in [-0.25, -0.2) is 0 Å². The number of rotatable bonds is 3. The number of hydrogen-bond acceptors (Lipinski definition) is 1. The van der Waals surface area contributed by atoms with Gasteiger partial charge in [-0.3, -0.25) is 4.98 Å². The molecule has 4 aromatic rings. The lowest BCUT2D eigenvalue weighted by molar-refractivity contribution is 1.22. The van der Waals surface area contributed by atoms with Gasteiger partial charge in [-0.1, -0.05) is 58.4 Å². The van der Waals surface area contributed by atoms with E-state index in [0.717, 1.165) is 15.7 Å². The number of hydrogen-bond donors (Lipinski definition) is 0. The Balaban J connectivity index is 1.83. The number of benzene rings is 3. The van der Waals surface area contributed by atoms with Gasteiger partial charge in [0, 0.05) is 16.2 Å². The van der Waals surface area contributed by atoms with Crippen LogP contribution in [0.2, 0.25) is 0 Å². The molecule has 0 N–H and O–H groups in total. The van der Waals surface area contributed by atoms with Crippen molar-refractivity contribution in [3.63, 3.8) is 0 Å². The predicted molar refractivity (Wildman–Crippen MR) is 122 cm³/mol. The molecule has 28 heavy (non-hydrogen) atoms. The summed E-state index contributed by atoms with van der Waals surface area (Å²) >= 11 is 3.70. The van der Waals surface area contributed by atoms with Gasteiger partial charge in [-0.2, -0.15) is 0 Å². The molecule has 0 saturated heterocycles. The third kappa shape index (κ3) is 3.79. The molecule has 0 aliphatic heterocycles. The van der Waals surface area contributed by atoms with Crippen LogP contribution < -0.4 is 0 Å². The van der Waals surface area contributed by atoms with E-state index in [1.54, 1.807) is 0 Å². The first-order chi connectivity index (χ1) is 13.5. The van der Waals surface area contributed by atoms with E-state index in [2.05, 4.69) is 108 Å². The van der Waals surface area contributed by atoms with Crippen molar-refractivity contribution in [1.29, 1.82) is 0 Å². The van der Waals surface area contributed by atoms with Crippen LogP contribution >= 0.6 is 15.9 Å². The van der Waals surface area contributed by atoms with Crippen molar-refractivity contribution in [3.05, 3.63) is 100 Å². The third-order valence-corrected chi connectivity index (χ3v) is 5.68. The van der Waals surface area contributed by atoms with E-state index in [1.807, 2.05) is 12.3 Å². The van der Waals surface area contributed by atoms with Gasteiger partial charge in [-0.15, -0.1) is 0 Å². The van der Waals surface area contributed by atoms with Gasteiger partial charge in [0.05, 0.1) is 5.69 Å². The maximum Gasteiger partial charge on any atom is 0.0705 e. The molecule has 1 aromatic heterocycles. The number of pyridine rings is 1. The molecule has 0 bridgehead atoms. The van der Waals surface area contributed by atoms with E-state index in [-0.39, 0.29) is 0 Å². The highest BCUT2D eigenvalue weighted by molar-refractivity contribution is 9.10. The summed E-state index contributed by atoms with van der Waals surface area (Å²) in [7, 11) is 0. The Bertz CT molecular complexity index is 1150. The van der Waals surface area contributed by atoms with Gasteiger partial charge in [0.25, 0.3) is 0 Å². The minimum Gasteiger partial charge on any atom is -0.256 e. The SMILES string of the molecule is Cc1cnc(-c2ccc(C)c(-c3cc(Br)cc(-c4ccccc4)c3)c2)cc1C. The lowest BCUT2D eigenvalue weighted by Crippen LogP contribution is -1.91. The molecule has 2 heteroatoms. The average molecular weight is 428 g/mol. The molecule has 0 radical (unpaired) electrons. The van der Waals surface area contributed by atoms with Gasteiger partial charge in [0.15, 0.2) is 0 Å². The Hall–Kier alpha value is -2.71. The summed E-state index contributed by atoms with van der Waals surface area (Å²) in [5, 5.41) is 0. The van der Waals surface area contributed by atoms with Gasteiger partial charge >= 0.3 is 0 Å². The van der Waals surface area contributed by atoms with Crippen LogP contribution in [0.5, 0.6) is 0 Å². The summed E-state index contributed by atoms with van der Waals surface area (Å²) < 4.78 is 1.08. The number of aromatic nitrogens is 1. The Kier molecular flexibility index (Phi) is 5.15. The van der Waals surface area contributed by atoms with E-state index in [0.29, 0.717) is 0 Å². The largest absolute Gasteiger partial charge is 0.256 e. The van der Waals surface area contributed by atoms with Crippen LogP contribution in [0.15, 0.2) is 83.5 Å². The fraction of sp³-hybridized carbons (Fsp3) is 0.115. The van der Waals surface area contributed by atoms with Crippen LogP contribution in [0.25, 0.3) is 33.5 Å². The first-order valence-electron chi connectivity index (χ1n) is 9.42. The fourth-order valence-corrected chi connectivity index (χ4v) is 3.91. The molecule has 3 aromatic carbocycles. The van der Waals surface area contributed by atoms with Crippen molar-refractivity contribution in [2.75, 3.05) is 0 Å². The van der Waals surface area contributed by atoms with Crippen molar-refractivity contribution in [2.45, 2.75) is 20.8 Å². The second kappa shape index (κ2) is 7.73. The van der Waals surface area contributed by atoms with Crippen molar-refractivity contribution in [3.8, 4) is 33.5 Å². The molecule has 4 rings (SSSR count). The fourth-order valence-electron chi connectivity index (χ4n) is 3.42. The zero-order valence-corrected chi connectivity index (χ0v) is 17.9. The highest BCUT2D eigenvalue weighted by Gasteiger charge is 2.10. The molecule has 138 valence electrons. The minimum absolute atomic E-state index is 1.02. The van der Waals surface area contributed by atoms with Gasteiger partial charge < -0.3 is 0 Å². The second-order valence-electron chi connectivity index (χ2n) is 7.28. The molecule has 1 nitrogen and oxygen atoms in total. The van der Waals surface area contributed by atoms with Gasteiger partial charge in [0.1, 0.15) is 0 Å². The maximum atomic E-state index is 4.65. The average Bonchev–Trinajstić information content (AvgIpc) is 2.71. The van der Waals surface area contributed by atoms with E-state index in [4.69, 9.17) is 0 Å². The van der Waals surface area contributed by atoms with Gasteiger partial charge in [0.2, 0.25) is 0 Å². The predicted octanol–water partition coefficient (Wildman–Crippen LogP) is 7.77. The van der Waals surface area contributed by atoms with Gasteiger partial charge in [-0.05, 0) is 90.0 Å². The van der Waals surface area contributed by atoms with E-state index in [9.17, 15) is 0 Å². The van der Waals surface area contributed by atoms with Crippen LogP contribution in [0.3, 0.4) is 0 Å². The molecule has 0 fully saturated rings. The highest BCUT2D eigenvalue weighted by atomic mass is 79.9. The quantitative estimate of drug-likeness (QED) is 0.325. The summed E-state index contributed by atoms with van der Waals surface area (Å²) in [5.74, 6) is 0. The Morgan fingerprint density at radius 3 is 2.11 bits per heavy atom. The molecule has 0 spiro atoms. The lowest BCUT2D eigenvalue weighted by Gasteiger charge is -2.13. The smallest absolute Gasteiger partial charge is 0.0705 e. The molecular weight excluding hydrogens is 406 g/mol. The van der Waals surface area contributed by atoms with Crippen molar-refractivity contribution >= 4 is 15.9 Å². The minimum atomic E-state index is 1.02. The normalized spacial score (nSPS) is 10.9. The van der Waals surface area contributed by atoms with Crippen LogP contribution in [0.1, 0.15) is 16.7 Å². The van der Waals surface area contributed by atoms with Crippen LogP contribution in [0, 0.1) is 20.8 Å². The molecule has 0 saturated carbocycles. The third-order valence-electron chi connectivity index (χ3n) is 5.22. The monoisotopic (exact) mass is 427 g/mol. The zero-order valence-electron chi connectivity index (χ0n) is 16.3. The lowest BCUT2D eigenvalue weighted by atomic mass is 9.94. The summed E-state index contributed by atoms with van der Waals surface area (Å²) in [6.07, 6.45) is 1.96. The maximum absolute atomic E-state index is 4.65.